The van der Waals surface area contributed by atoms with Crippen LogP contribution in [-0.4, -0.2) is 9.55 Å². The van der Waals surface area contributed by atoms with Crippen molar-refractivity contribution in [3.05, 3.63) is 48.8 Å². The molecule has 0 unspecified atom stereocenters. The molecule has 0 aliphatic rings. The quantitative estimate of drug-likeness (QED) is 0.833. The van der Waals surface area contributed by atoms with E-state index < -0.39 is 0 Å². The Labute approximate surface area is 108 Å². The molecular weight excluding hydrogens is 222 g/mol. The largest absolute Gasteiger partial charge is 0.383 e. The summed E-state index contributed by atoms with van der Waals surface area (Å²) in [5, 5.41) is 0. The number of hydrogen-bond donors (Lipinski definition) is 1. The normalized spacial score (nSPS) is 10.8. The molecule has 3 nitrogen and oxygen atoms in total. The van der Waals surface area contributed by atoms with Crippen LogP contribution in [0.15, 0.2) is 43.2 Å². The van der Waals surface area contributed by atoms with E-state index in [1.54, 1.807) is 6.33 Å². The van der Waals surface area contributed by atoms with Gasteiger partial charge in [0.1, 0.15) is 11.5 Å². The van der Waals surface area contributed by atoms with Gasteiger partial charge in [-0.1, -0.05) is 44.2 Å². The highest BCUT2D eigenvalue weighted by Gasteiger charge is 2.09. The smallest absolute Gasteiger partial charge is 0.131 e. The van der Waals surface area contributed by atoms with E-state index in [4.69, 9.17) is 5.73 Å². The Morgan fingerprint density at radius 2 is 2.00 bits per heavy atom. The fraction of sp³-hybridized carbons (Fsp3) is 0.267. The van der Waals surface area contributed by atoms with Crippen molar-refractivity contribution in [2.24, 2.45) is 0 Å². The van der Waals surface area contributed by atoms with Crippen molar-refractivity contribution in [1.82, 2.24) is 9.55 Å². The summed E-state index contributed by atoms with van der Waals surface area (Å²) in [6, 6.07) is 8.41. The Balaban J connectivity index is 2.34. The Morgan fingerprint density at radius 3 is 2.56 bits per heavy atom. The first-order chi connectivity index (χ1) is 8.63. The summed E-state index contributed by atoms with van der Waals surface area (Å²) in [5.41, 5.74) is 9.29. The Kier molecular flexibility index (Phi) is 3.51. The van der Waals surface area contributed by atoms with Gasteiger partial charge in [-0.05, 0) is 11.5 Å². The molecule has 0 aliphatic carbocycles. The second-order valence-electron chi connectivity index (χ2n) is 4.70. The molecule has 0 spiro atoms. The van der Waals surface area contributed by atoms with Gasteiger partial charge in [0.15, 0.2) is 0 Å². The number of nitrogens with two attached hydrogens (primary N) is 1. The van der Waals surface area contributed by atoms with Gasteiger partial charge in [0, 0.05) is 12.1 Å². The standard InChI is InChI=1S/C15H19N3/c1-4-9-18-10-17-14(15(18)16)13-7-5-12(6-8-13)11(2)3/h4-8,10-11H,1,9,16H2,2-3H3. The molecule has 1 aromatic heterocycles. The van der Waals surface area contributed by atoms with Crippen LogP contribution in [0.5, 0.6) is 0 Å². The van der Waals surface area contributed by atoms with Crippen molar-refractivity contribution in [2.45, 2.75) is 26.3 Å². The number of rotatable bonds is 4. The molecule has 2 N–H and O–H groups in total. The van der Waals surface area contributed by atoms with Gasteiger partial charge in [-0.15, -0.1) is 6.58 Å². The van der Waals surface area contributed by atoms with Crippen molar-refractivity contribution in [1.29, 1.82) is 0 Å². The number of imidazole rings is 1. The maximum Gasteiger partial charge on any atom is 0.131 e. The summed E-state index contributed by atoms with van der Waals surface area (Å²) in [4.78, 5) is 4.37. The highest BCUT2D eigenvalue weighted by molar-refractivity contribution is 5.70. The van der Waals surface area contributed by atoms with Crippen molar-refractivity contribution in [3.8, 4) is 11.3 Å². The van der Waals surface area contributed by atoms with Crippen LogP contribution < -0.4 is 5.73 Å². The third kappa shape index (κ3) is 2.30. The van der Waals surface area contributed by atoms with Gasteiger partial charge in [0.05, 0.1) is 6.33 Å². The van der Waals surface area contributed by atoms with Gasteiger partial charge < -0.3 is 10.3 Å². The van der Waals surface area contributed by atoms with Gasteiger partial charge in [0.2, 0.25) is 0 Å². The summed E-state index contributed by atoms with van der Waals surface area (Å²) in [6.45, 7) is 8.75. The van der Waals surface area contributed by atoms with E-state index in [1.165, 1.54) is 5.56 Å². The third-order valence-electron chi connectivity index (χ3n) is 3.05. The molecular formula is C15H19N3. The SMILES string of the molecule is C=CCn1cnc(-c2ccc(C(C)C)cc2)c1N. The molecule has 0 fully saturated rings. The van der Waals surface area contributed by atoms with Crippen LogP contribution in [0.3, 0.4) is 0 Å². The minimum Gasteiger partial charge on any atom is -0.383 e. The molecule has 0 amide bonds. The third-order valence-corrected chi connectivity index (χ3v) is 3.05. The van der Waals surface area contributed by atoms with E-state index in [9.17, 15) is 0 Å². The predicted molar refractivity (Wildman–Crippen MR) is 76.4 cm³/mol. The maximum atomic E-state index is 6.07. The first-order valence-corrected chi connectivity index (χ1v) is 6.15. The van der Waals surface area contributed by atoms with E-state index in [0.717, 1.165) is 11.3 Å². The van der Waals surface area contributed by atoms with Gasteiger partial charge in [-0.2, -0.15) is 0 Å². The number of nitrogen functional groups attached to an aromatic ring is 1. The molecule has 2 rings (SSSR count). The summed E-state index contributed by atoms with van der Waals surface area (Å²) >= 11 is 0. The second kappa shape index (κ2) is 5.08. The van der Waals surface area contributed by atoms with Crippen molar-refractivity contribution >= 4 is 5.82 Å². The zero-order chi connectivity index (χ0) is 13.1. The molecule has 0 saturated carbocycles. The van der Waals surface area contributed by atoms with Crippen LogP contribution >= 0.6 is 0 Å². The summed E-state index contributed by atoms with van der Waals surface area (Å²) < 4.78 is 1.89. The number of allylic oxidation sites excluding steroid dienone is 1. The lowest BCUT2D eigenvalue weighted by Crippen LogP contribution is -2.00. The van der Waals surface area contributed by atoms with Crippen LogP contribution in [0.1, 0.15) is 25.3 Å². The Bertz CT molecular complexity index is 535. The molecule has 0 aliphatic heterocycles. The fourth-order valence-corrected chi connectivity index (χ4v) is 1.92. The fourth-order valence-electron chi connectivity index (χ4n) is 1.92. The van der Waals surface area contributed by atoms with Crippen molar-refractivity contribution < 1.29 is 0 Å². The number of aromatic nitrogens is 2. The second-order valence-corrected chi connectivity index (χ2v) is 4.70. The van der Waals surface area contributed by atoms with E-state index in [2.05, 4.69) is 49.7 Å². The zero-order valence-electron chi connectivity index (χ0n) is 10.9. The van der Waals surface area contributed by atoms with Crippen LogP contribution in [0, 0.1) is 0 Å². The number of nitrogens with zero attached hydrogens (tertiary/aromatic N) is 2. The average molecular weight is 241 g/mol. The molecule has 0 radical (unpaired) electrons. The summed E-state index contributed by atoms with van der Waals surface area (Å²) in [7, 11) is 0. The number of anilines is 1. The molecule has 3 heteroatoms. The van der Waals surface area contributed by atoms with Gasteiger partial charge in [0.25, 0.3) is 0 Å². The molecule has 94 valence electrons. The van der Waals surface area contributed by atoms with E-state index >= 15 is 0 Å². The summed E-state index contributed by atoms with van der Waals surface area (Å²) in [5.74, 6) is 1.22. The highest BCUT2D eigenvalue weighted by Crippen LogP contribution is 2.26. The lowest BCUT2D eigenvalue weighted by Gasteiger charge is -2.06. The van der Waals surface area contributed by atoms with Gasteiger partial charge in [-0.3, -0.25) is 0 Å². The minimum absolute atomic E-state index is 0.537. The van der Waals surface area contributed by atoms with Crippen molar-refractivity contribution in [3.63, 3.8) is 0 Å². The van der Waals surface area contributed by atoms with E-state index in [0.29, 0.717) is 18.3 Å². The molecule has 18 heavy (non-hydrogen) atoms. The number of hydrogen-bond acceptors (Lipinski definition) is 2. The van der Waals surface area contributed by atoms with E-state index in [1.807, 2.05) is 10.6 Å². The van der Waals surface area contributed by atoms with Crippen LogP contribution in [-0.2, 0) is 6.54 Å². The first-order valence-electron chi connectivity index (χ1n) is 6.15. The molecule has 1 aromatic carbocycles. The maximum absolute atomic E-state index is 6.07. The minimum atomic E-state index is 0.537. The zero-order valence-corrected chi connectivity index (χ0v) is 10.9. The average Bonchev–Trinajstić information content (AvgIpc) is 2.72. The molecule has 0 saturated heterocycles. The summed E-state index contributed by atoms with van der Waals surface area (Å²) in [6.07, 6.45) is 3.56. The van der Waals surface area contributed by atoms with Crippen LogP contribution in [0.2, 0.25) is 0 Å². The lowest BCUT2D eigenvalue weighted by atomic mass is 10.0. The first kappa shape index (κ1) is 12.4. The molecule has 1 heterocycles. The lowest BCUT2D eigenvalue weighted by molar-refractivity contribution is 0.833. The topological polar surface area (TPSA) is 43.8 Å². The van der Waals surface area contributed by atoms with Gasteiger partial charge >= 0.3 is 0 Å². The van der Waals surface area contributed by atoms with Crippen LogP contribution in [0.25, 0.3) is 11.3 Å². The number of benzene rings is 1. The Hall–Kier alpha value is -2.03. The molecule has 0 atom stereocenters. The van der Waals surface area contributed by atoms with Crippen molar-refractivity contribution in [2.75, 3.05) is 5.73 Å². The molecule has 2 aromatic rings. The molecule has 0 bridgehead atoms. The van der Waals surface area contributed by atoms with Crippen LogP contribution in [0.4, 0.5) is 5.82 Å². The van der Waals surface area contributed by atoms with E-state index in [-0.39, 0.29) is 0 Å². The highest BCUT2D eigenvalue weighted by atomic mass is 15.1. The Morgan fingerprint density at radius 1 is 1.33 bits per heavy atom. The van der Waals surface area contributed by atoms with Gasteiger partial charge in [-0.25, -0.2) is 4.98 Å². The monoisotopic (exact) mass is 241 g/mol. The predicted octanol–water partition coefficient (Wildman–Crippen LogP) is 3.44.